The van der Waals surface area contributed by atoms with Gasteiger partial charge in [-0.3, -0.25) is 9.78 Å². The van der Waals surface area contributed by atoms with Crippen molar-refractivity contribution in [1.82, 2.24) is 15.3 Å². The van der Waals surface area contributed by atoms with Crippen molar-refractivity contribution in [1.29, 1.82) is 0 Å². The highest BCUT2D eigenvalue weighted by molar-refractivity contribution is 7.15. The Morgan fingerprint density at radius 2 is 1.74 bits per heavy atom. The van der Waals surface area contributed by atoms with Crippen LogP contribution in [0.1, 0.15) is 40.5 Å². The van der Waals surface area contributed by atoms with E-state index < -0.39 is 24.2 Å². The third kappa shape index (κ3) is 10.3. The summed E-state index contributed by atoms with van der Waals surface area (Å²) >= 11 is 7.38. The van der Waals surface area contributed by atoms with Gasteiger partial charge in [-0.05, 0) is 50.6 Å². The first-order valence-corrected chi connectivity index (χ1v) is 12.5. The van der Waals surface area contributed by atoms with E-state index in [1.807, 2.05) is 19.1 Å². The van der Waals surface area contributed by atoms with Crippen molar-refractivity contribution in [3.63, 3.8) is 0 Å². The standard InChI is InChI=1S/C23H24ClN3O4S.C2HF3O2/c1-13(2)31-19(23(29)30)11-15-8-9-25-18(10-15)12-26-21(28)20-14(3)32-22(27-20)16-4-6-17(24)7-5-16;3-2(4,5)1(6)7/h4-10,13,19H,11-12H2,1-3H3,(H,26,28)(H,29,30);(H,6,7). The third-order valence-corrected chi connectivity index (χ3v) is 6.06. The molecule has 3 N–H and O–H groups in total. The number of aryl methyl sites for hydroxylation is 1. The number of pyridine rings is 1. The summed E-state index contributed by atoms with van der Waals surface area (Å²) in [5.74, 6) is -4.06. The Morgan fingerprint density at radius 3 is 2.28 bits per heavy atom. The molecule has 1 atom stereocenters. The van der Waals surface area contributed by atoms with Gasteiger partial charge in [0.2, 0.25) is 0 Å². The number of hydrogen-bond donors (Lipinski definition) is 3. The minimum absolute atomic E-state index is 0.197. The smallest absolute Gasteiger partial charge is 0.479 e. The lowest BCUT2D eigenvalue weighted by atomic mass is 10.1. The summed E-state index contributed by atoms with van der Waals surface area (Å²) in [6.07, 6.45) is -4.41. The molecule has 0 saturated carbocycles. The first-order valence-electron chi connectivity index (χ1n) is 11.3. The Bertz CT molecular complexity index is 1300. The van der Waals surface area contributed by atoms with Crippen molar-refractivity contribution in [2.24, 2.45) is 0 Å². The van der Waals surface area contributed by atoms with Gasteiger partial charge < -0.3 is 20.3 Å². The summed E-state index contributed by atoms with van der Waals surface area (Å²) in [5, 5.41) is 20.7. The number of nitrogens with one attached hydrogen (secondary N) is 1. The number of nitrogens with zero attached hydrogens (tertiary/aromatic N) is 2. The molecule has 0 aliphatic heterocycles. The number of thiazole rings is 1. The van der Waals surface area contributed by atoms with E-state index in [9.17, 15) is 27.9 Å². The molecule has 2 heterocycles. The predicted octanol–water partition coefficient (Wildman–Crippen LogP) is 5.15. The van der Waals surface area contributed by atoms with Gasteiger partial charge in [0.1, 0.15) is 10.7 Å². The average molecular weight is 588 g/mol. The minimum atomic E-state index is -5.08. The van der Waals surface area contributed by atoms with Gasteiger partial charge in [-0.15, -0.1) is 11.3 Å². The molecule has 0 bridgehead atoms. The summed E-state index contributed by atoms with van der Waals surface area (Å²) in [5.41, 5.74) is 2.66. The maximum atomic E-state index is 12.7. The van der Waals surface area contributed by atoms with Crippen LogP contribution in [0.2, 0.25) is 5.02 Å². The molecule has 0 aliphatic carbocycles. The van der Waals surface area contributed by atoms with Crippen LogP contribution in [0.4, 0.5) is 13.2 Å². The number of alkyl halides is 3. The summed E-state index contributed by atoms with van der Waals surface area (Å²) < 4.78 is 37.2. The van der Waals surface area contributed by atoms with Crippen LogP contribution in [0.15, 0.2) is 42.6 Å². The van der Waals surface area contributed by atoms with Crippen LogP contribution in [-0.4, -0.2) is 56.4 Å². The summed E-state index contributed by atoms with van der Waals surface area (Å²) in [6, 6.07) is 10.8. The molecule has 210 valence electrons. The van der Waals surface area contributed by atoms with Gasteiger partial charge in [-0.1, -0.05) is 23.7 Å². The first-order chi connectivity index (χ1) is 18.2. The molecule has 0 radical (unpaired) electrons. The lowest BCUT2D eigenvalue weighted by molar-refractivity contribution is -0.192. The number of ether oxygens (including phenoxy) is 1. The fourth-order valence-electron chi connectivity index (χ4n) is 3.07. The van der Waals surface area contributed by atoms with Crippen molar-refractivity contribution in [3.05, 3.63) is 69.4 Å². The fraction of sp³-hybridized carbons (Fsp3) is 0.320. The quantitative estimate of drug-likeness (QED) is 0.312. The van der Waals surface area contributed by atoms with Gasteiger partial charge in [0, 0.05) is 28.1 Å². The van der Waals surface area contributed by atoms with E-state index in [1.54, 1.807) is 44.3 Å². The number of rotatable bonds is 9. The van der Waals surface area contributed by atoms with E-state index in [-0.39, 0.29) is 25.0 Å². The van der Waals surface area contributed by atoms with Crippen molar-refractivity contribution in [2.75, 3.05) is 0 Å². The fourth-order valence-corrected chi connectivity index (χ4v) is 4.11. The zero-order valence-electron chi connectivity index (χ0n) is 21.0. The molecule has 0 spiro atoms. The normalized spacial score (nSPS) is 11.9. The first kappa shape index (κ1) is 31.7. The van der Waals surface area contributed by atoms with Crippen molar-refractivity contribution in [2.45, 2.75) is 52.1 Å². The number of hydrogen-bond acceptors (Lipinski definition) is 7. The molecule has 3 aromatic rings. The van der Waals surface area contributed by atoms with Crippen molar-refractivity contribution < 1.29 is 42.5 Å². The molecule has 2 aromatic heterocycles. The Labute approximate surface area is 230 Å². The van der Waals surface area contributed by atoms with Crippen molar-refractivity contribution >= 4 is 40.8 Å². The highest BCUT2D eigenvalue weighted by atomic mass is 35.5. The molecule has 0 aliphatic rings. The molecule has 3 rings (SSSR count). The molecule has 1 aromatic carbocycles. The van der Waals surface area contributed by atoms with Crippen LogP contribution in [-0.2, 0) is 27.3 Å². The summed E-state index contributed by atoms with van der Waals surface area (Å²) in [6.45, 7) is 5.64. The minimum Gasteiger partial charge on any atom is -0.479 e. The Hall–Kier alpha value is -3.55. The molecule has 9 nitrogen and oxygen atoms in total. The van der Waals surface area contributed by atoms with Crippen LogP contribution in [0.3, 0.4) is 0 Å². The maximum absolute atomic E-state index is 12.7. The zero-order valence-corrected chi connectivity index (χ0v) is 22.5. The monoisotopic (exact) mass is 587 g/mol. The van der Waals surface area contributed by atoms with Gasteiger partial charge in [0.15, 0.2) is 6.10 Å². The average Bonchev–Trinajstić information content (AvgIpc) is 3.24. The molecule has 0 fully saturated rings. The maximum Gasteiger partial charge on any atom is 0.490 e. The molecule has 39 heavy (non-hydrogen) atoms. The van der Waals surface area contributed by atoms with Crippen LogP contribution < -0.4 is 5.32 Å². The van der Waals surface area contributed by atoms with Crippen molar-refractivity contribution in [3.8, 4) is 10.6 Å². The van der Waals surface area contributed by atoms with Gasteiger partial charge >= 0.3 is 18.1 Å². The number of aliphatic carboxylic acids is 2. The number of aromatic nitrogens is 2. The van der Waals surface area contributed by atoms with E-state index in [2.05, 4.69) is 15.3 Å². The Balaban J connectivity index is 0.000000673. The van der Waals surface area contributed by atoms with Crippen LogP contribution >= 0.6 is 22.9 Å². The van der Waals surface area contributed by atoms with Gasteiger partial charge in [0.05, 0.1) is 18.3 Å². The van der Waals surface area contributed by atoms with E-state index in [4.69, 9.17) is 26.2 Å². The van der Waals surface area contributed by atoms with Gasteiger partial charge in [-0.2, -0.15) is 13.2 Å². The number of benzene rings is 1. The molecule has 0 saturated heterocycles. The number of carboxylic acid groups (broad SMARTS) is 2. The highest BCUT2D eigenvalue weighted by Gasteiger charge is 2.38. The number of halogens is 4. The number of carboxylic acids is 2. The lowest BCUT2D eigenvalue weighted by Crippen LogP contribution is -2.29. The number of carbonyl (C=O) groups excluding carboxylic acids is 1. The lowest BCUT2D eigenvalue weighted by Gasteiger charge is -2.16. The van der Waals surface area contributed by atoms with Gasteiger partial charge in [-0.25, -0.2) is 14.6 Å². The summed E-state index contributed by atoms with van der Waals surface area (Å²) in [4.78, 5) is 42.6. The summed E-state index contributed by atoms with van der Waals surface area (Å²) in [7, 11) is 0. The van der Waals surface area contributed by atoms with Crippen LogP contribution in [0.5, 0.6) is 0 Å². The molecule has 14 heteroatoms. The number of carbonyl (C=O) groups is 3. The second-order valence-corrected chi connectivity index (χ2v) is 9.93. The van der Waals surface area contributed by atoms with E-state index in [1.165, 1.54) is 11.3 Å². The van der Waals surface area contributed by atoms with E-state index in [0.717, 1.165) is 21.0 Å². The predicted molar refractivity (Wildman–Crippen MR) is 138 cm³/mol. The Kier molecular flexibility index (Phi) is 11.4. The topological polar surface area (TPSA) is 139 Å². The van der Waals surface area contributed by atoms with E-state index >= 15 is 0 Å². The molecule has 1 amide bonds. The molecular weight excluding hydrogens is 563 g/mol. The zero-order chi connectivity index (χ0) is 29.3. The highest BCUT2D eigenvalue weighted by Crippen LogP contribution is 2.28. The van der Waals surface area contributed by atoms with E-state index in [0.29, 0.717) is 16.4 Å². The van der Waals surface area contributed by atoms with Crippen LogP contribution in [0.25, 0.3) is 10.6 Å². The molecule has 1 unspecified atom stereocenters. The largest absolute Gasteiger partial charge is 0.490 e. The third-order valence-electron chi connectivity index (χ3n) is 4.79. The number of amides is 1. The van der Waals surface area contributed by atoms with Crippen LogP contribution in [0, 0.1) is 6.92 Å². The molecular formula is C25H25ClF3N3O6S. The SMILES string of the molecule is Cc1sc(-c2ccc(Cl)cc2)nc1C(=O)NCc1cc(CC(OC(C)C)C(=O)O)ccn1.O=C(O)C(F)(F)F. The van der Waals surface area contributed by atoms with Gasteiger partial charge in [0.25, 0.3) is 5.91 Å². The second kappa shape index (κ2) is 14.0. The second-order valence-electron chi connectivity index (χ2n) is 8.29. The Morgan fingerprint density at radius 1 is 1.13 bits per heavy atom.